The van der Waals surface area contributed by atoms with Crippen LogP contribution in [0, 0.1) is 5.92 Å². The van der Waals surface area contributed by atoms with Gasteiger partial charge in [-0.25, -0.2) is 0 Å². The maximum Gasteiger partial charge on any atom is 0.250 e. The molecule has 1 fully saturated rings. The lowest BCUT2D eigenvalue weighted by molar-refractivity contribution is 0.145. The highest BCUT2D eigenvalue weighted by atomic mass is 16.1. The fourth-order valence-corrected chi connectivity index (χ4v) is 3.14. The van der Waals surface area contributed by atoms with Crippen LogP contribution in [-0.2, 0) is 6.54 Å². The first-order chi connectivity index (χ1) is 7.24. The van der Waals surface area contributed by atoms with E-state index in [9.17, 15) is 4.79 Å². The van der Waals surface area contributed by atoms with Crippen LogP contribution in [0.5, 0.6) is 0 Å². The second-order valence-electron chi connectivity index (χ2n) is 4.92. The first-order valence-electron chi connectivity index (χ1n) is 5.62. The molecule has 3 heteroatoms. The van der Waals surface area contributed by atoms with Crippen LogP contribution in [0.15, 0.2) is 23.0 Å². The summed E-state index contributed by atoms with van der Waals surface area (Å²) in [6.45, 7) is 3.15. The molecular weight excluding hydrogens is 188 g/mol. The lowest BCUT2D eigenvalue weighted by Crippen LogP contribution is -2.45. The minimum Gasteiger partial charge on any atom is -0.312 e. The summed E-state index contributed by atoms with van der Waals surface area (Å²) in [4.78, 5) is 14.1. The molecule has 0 amide bonds. The summed E-state index contributed by atoms with van der Waals surface area (Å²) in [6.07, 6.45) is 1.26. The predicted molar refractivity (Wildman–Crippen MR) is 59.0 cm³/mol. The number of hydrogen-bond acceptors (Lipinski definition) is 2. The van der Waals surface area contributed by atoms with Crippen LogP contribution >= 0.6 is 0 Å². The van der Waals surface area contributed by atoms with Gasteiger partial charge in [0.25, 0.3) is 5.56 Å². The van der Waals surface area contributed by atoms with Crippen molar-refractivity contribution in [3.05, 3.63) is 34.2 Å². The molecule has 2 aliphatic rings. The number of likely N-dealkylation sites (N-methyl/N-ethyl adjacent to an activating group) is 1. The van der Waals surface area contributed by atoms with Gasteiger partial charge in [0.15, 0.2) is 0 Å². The van der Waals surface area contributed by atoms with Crippen molar-refractivity contribution in [3.63, 3.8) is 0 Å². The molecule has 1 saturated heterocycles. The summed E-state index contributed by atoms with van der Waals surface area (Å²) in [6, 6.07) is 5.68. The van der Waals surface area contributed by atoms with E-state index < -0.39 is 0 Å². The van der Waals surface area contributed by atoms with Gasteiger partial charge in [-0.05, 0) is 25.5 Å². The Morgan fingerprint density at radius 3 is 3.00 bits per heavy atom. The van der Waals surface area contributed by atoms with Crippen LogP contribution in [0.25, 0.3) is 0 Å². The van der Waals surface area contributed by atoms with Gasteiger partial charge in [0.2, 0.25) is 0 Å². The highest BCUT2D eigenvalue weighted by Crippen LogP contribution is 2.33. The summed E-state index contributed by atoms with van der Waals surface area (Å²) in [5.41, 5.74) is 1.41. The van der Waals surface area contributed by atoms with E-state index in [1.165, 1.54) is 12.1 Å². The molecule has 0 spiro atoms. The topological polar surface area (TPSA) is 25.2 Å². The number of nitrogens with zero attached hydrogens (tertiary/aromatic N) is 2. The zero-order valence-electron chi connectivity index (χ0n) is 9.02. The van der Waals surface area contributed by atoms with Crippen molar-refractivity contribution in [1.29, 1.82) is 0 Å². The van der Waals surface area contributed by atoms with Crippen molar-refractivity contribution in [3.8, 4) is 0 Å². The Bertz CT molecular complexity index is 437. The fourth-order valence-electron chi connectivity index (χ4n) is 3.14. The summed E-state index contributed by atoms with van der Waals surface area (Å²) in [7, 11) is 2.18. The predicted octanol–water partition coefficient (Wildman–Crippen LogP) is 0.897. The van der Waals surface area contributed by atoms with Gasteiger partial charge in [-0.2, -0.15) is 0 Å². The first kappa shape index (κ1) is 9.16. The van der Waals surface area contributed by atoms with E-state index in [1.54, 1.807) is 6.07 Å². The van der Waals surface area contributed by atoms with Gasteiger partial charge in [0, 0.05) is 37.3 Å². The second kappa shape index (κ2) is 3.20. The van der Waals surface area contributed by atoms with E-state index in [1.807, 2.05) is 10.6 Å². The number of aromatic nitrogens is 1. The first-order valence-corrected chi connectivity index (χ1v) is 5.62. The molecule has 3 heterocycles. The number of likely N-dealkylation sites (tertiary alicyclic amines) is 1. The number of pyridine rings is 1. The standard InChI is InChI=1S/C12H16N2O/c1-13-6-9-5-10(8-13)11-3-2-4-12(15)14(11)7-9/h2-4,9-10H,5-8H2,1H3/t9?,10-/m0/s1. The average molecular weight is 204 g/mol. The lowest BCUT2D eigenvalue weighted by Gasteiger charge is -2.41. The van der Waals surface area contributed by atoms with Gasteiger partial charge >= 0.3 is 0 Å². The molecule has 3 rings (SSSR count). The summed E-state index contributed by atoms with van der Waals surface area (Å²) < 4.78 is 1.98. The van der Waals surface area contributed by atoms with E-state index in [0.29, 0.717) is 11.8 Å². The number of rotatable bonds is 0. The van der Waals surface area contributed by atoms with Crippen LogP contribution in [0.1, 0.15) is 18.0 Å². The minimum atomic E-state index is 0.173. The zero-order valence-corrected chi connectivity index (χ0v) is 9.02. The summed E-state index contributed by atoms with van der Waals surface area (Å²) in [5.74, 6) is 1.23. The molecule has 1 aromatic heterocycles. The van der Waals surface area contributed by atoms with Crippen molar-refractivity contribution in [1.82, 2.24) is 9.47 Å². The monoisotopic (exact) mass is 204 g/mol. The van der Waals surface area contributed by atoms with Gasteiger partial charge in [0.1, 0.15) is 0 Å². The summed E-state index contributed by atoms with van der Waals surface area (Å²) >= 11 is 0. The molecule has 2 aliphatic heterocycles. The third-order valence-corrected chi connectivity index (χ3v) is 3.66. The molecule has 2 bridgehead atoms. The van der Waals surface area contributed by atoms with Crippen molar-refractivity contribution >= 4 is 0 Å². The Balaban J connectivity index is 2.10. The second-order valence-corrected chi connectivity index (χ2v) is 4.92. The molecule has 1 aromatic rings. The van der Waals surface area contributed by atoms with Crippen LogP contribution in [0.4, 0.5) is 0 Å². The Kier molecular flexibility index (Phi) is 1.96. The van der Waals surface area contributed by atoms with Crippen LogP contribution < -0.4 is 5.56 Å². The van der Waals surface area contributed by atoms with Crippen LogP contribution in [-0.4, -0.2) is 29.6 Å². The number of fused-ring (bicyclic) bond motifs is 4. The molecule has 0 N–H and O–H groups in total. The SMILES string of the molecule is CN1CC2C[C@@H](C1)c1cccc(=O)n1C2. The number of piperidine rings is 1. The van der Waals surface area contributed by atoms with E-state index in [0.717, 1.165) is 19.6 Å². The van der Waals surface area contributed by atoms with E-state index in [4.69, 9.17) is 0 Å². The van der Waals surface area contributed by atoms with E-state index in [-0.39, 0.29) is 5.56 Å². The fraction of sp³-hybridized carbons (Fsp3) is 0.583. The molecule has 0 aromatic carbocycles. The maximum absolute atomic E-state index is 11.7. The van der Waals surface area contributed by atoms with Crippen molar-refractivity contribution in [2.24, 2.45) is 5.92 Å². The van der Waals surface area contributed by atoms with Gasteiger partial charge in [-0.3, -0.25) is 4.79 Å². The molecule has 80 valence electrons. The zero-order chi connectivity index (χ0) is 10.4. The largest absolute Gasteiger partial charge is 0.312 e. The third-order valence-electron chi connectivity index (χ3n) is 3.66. The average Bonchev–Trinajstić information content (AvgIpc) is 2.19. The Morgan fingerprint density at radius 2 is 2.13 bits per heavy atom. The molecular formula is C12H16N2O. The highest BCUT2D eigenvalue weighted by Gasteiger charge is 2.32. The molecule has 0 saturated carbocycles. The van der Waals surface area contributed by atoms with Gasteiger partial charge in [-0.15, -0.1) is 0 Å². The van der Waals surface area contributed by atoms with Crippen molar-refractivity contribution in [2.75, 3.05) is 20.1 Å². The molecule has 2 atom stereocenters. The van der Waals surface area contributed by atoms with Crippen LogP contribution in [0.3, 0.4) is 0 Å². The van der Waals surface area contributed by atoms with Crippen molar-refractivity contribution in [2.45, 2.75) is 18.9 Å². The molecule has 15 heavy (non-hydrogen) atoms. The third kappa shape index (κ3) is 1.42. The Labute approximate surface area is 89.3 Å². The molecule has 3 nitrogen and oxygen atoms in total. The molecule has 0 aliphatic carbocycles. The maximum atomic E-state index is 11.7. The quantitative estimate of drug-likeness (QED) is 0.627. The minimum absolute atomic E-state index is 0.173. The van der Waals surface area contributed by atoms with Gasteiger partial charge in [0.05, 0.1) is 0 Å². The number of hydrogen-bond donors (Lipinski definition) is 0. The normalized spacial score (nSPS) is 29.9. The lowest BCUT2D eigenvalue weighted by atomic mass is 9.83. The highest BCUT2D eigenvalue weighted by molar-refractivity contribution is 5.16. The smallest absolute Gasteiger partial charge is 0.250 e. The summed E-state index contributed by atoms with van der Waals surface area (Å²) in [5, 5.41) is 0. The Hall–Kier alpha value is -1.09. The van der Waals surface area contributed by atoms with Gasteiger partial charge in [-0.1, -0.05) is 6.07 Å². The molecule has 0 radical (unpaired) electrons. The van der Waals surface area contributed by atoms with Crippen molar-refractivity contribution < 1.29 is 0 Å². The van der Waals surface area contributed by atoms with Crippen LogP contribution in [0.2, 0.25) is 0 Å². The van der Waals surface area contributed by atoms with E-state index in [2.05, 4.69) is 18.0 Å². The molecule has 1 unspecified atom stereocenters. The van der Waals surface area contributed by atoms with Gasteiger partial charge < -0.3 is 9.47 Å². The Morgan fingerprint density at radius 1 is 1.27 bits per heavy atom. The van der Waals surface area contributed by atoms with E-state index >= 15 is 0 Å².